The number of thioether (sulfide) groups is 2. The number of hydrogen-bond donors (Lipinski definition) is 0. The molecule has 0 bridgehead atoms. The molecule has 1 aliphatic rings. The molecule has 0 radical (unpaired) electrons. The molecule has 0 spiro atoms. The molecule has 0 aromatic heterocycles. The molecule has 126 valence electrons. The average Bonchev–Trinajstić information content (AvgIpc) is 2.73. The van der Waals surface area contributed by atoms with Crippen LogP contribution in [0, 0.1) is 0 Å². The third kappa shape index (κ3) is 4.23. The third-order valence-electron chi connectivity index (χ3n) is 3.79. The zero-order valence-electron chi connectivity index (χ0n) is 13.2. The van der Waals surface area contributed by atoms with Gasteiger partial charge in [0.1, 0.15) is 0 Å². The summed E-state index contributed by atoms with van der Waals surface area (Å²) in [6, 6.07) is 13.4. The summed E-state index contributed by atoms with van der Waals surface area (Å²) in [5.74, 6) is 0.436. The lowest BCUT2D eigenvalue weighted by molar-refractivity contribution is -0.116. The van der Waals surface area contributed by atoms with Gasteiger partial charge in [-0.05, 0) is 36.8 Å². The highest BCUT2D eigenvalue weighted by Gasteiger charge is 2.24. The van der Waals surface area contributed by atoms with Crippen molar-refractivity contribution in [3.8, 4) is 0 Å². The van der Waals surface area contributed by atoms with E-state index >= 15 is 0 Å². The molecule has 6 heteroatoms. The first-order valence-corrected chi connectivity index (χ1v) is 10.3. The summed E-state index contributed by atoms with van der Waals surface area (Å²) in [6.07, 6.45) is 0.980. The number of anilines is 1. The number of halogens is 2. The van der Waals surface area contributed by atoms with Gasteiger partial charge in [-0.1, -0.05) is 42.3 Å². The summed E-state index contributed by atoms with van der Waals surface area (Å²) in [7, 11) is 0. The molecule has 2 aromatic rings. The Hall–Kier alpha value is -0.810. The van der Waals surface area contributed by atoms with Crippen LogP contribution in [0.25, 0.3) is 0 Å². The van der Waals surface area contributed by atoms with E-state index in [0.717, 1.165) is 23.5 Å². The second-order valence-corrected chi connectivity index (χ2v) is 8.93. The minimum atomic E-state index is 0.0955. The Morgan fingerprint density at radius 1 is 1.29 bits per heavy atom. The maximum Gasteiger partial charge on any atom is 0.237 e. The fourth-order valence-electron chi connectivity index (χ4n) is 2.55. The van der Waals surface area contributed by atoms with Crippen molar-refractivity contribution in [2.24, 2.45) is 0 Å². The number of benzene rings is 2. The van der Waals surface area contributed by atoms with E-state index in [1.165, 1.54) is 16.7 Å². The lowest BCUT2D eigenvalue weighted by Gasteiger charge is -2.22. The Labute approximate surface area is 160 Å². The number of rotatable bonds is 3. The Bertz CT molecular complexity index is 754. The lowest BCUT2D eigenvalue weighted by Crippen LogP contribution is -2.33. The van der Waals surface area contributed by atoms with Crippen molar-refractivity contribution in [2.75, 3.05) is 17.2 Å². The van der Waals surface area contributed by atoms with E-state index in [4.69, 9.17) is 23.2 Å². The predicted molar refractivity (Wildman–Crippen MR) is 106 cm³/mol. The summed E-state index contributed by atoms with van der Waals surface area (Å²) in [5.41, 5.74) is 1.01. The number of carbonyl (C=O) groups is 1. The van der Waals surface area contributed by atoms with Gasteiger partial charge >= 0.3 is 0 Å². The molecule has 0 saturated heterocycles. The van der Waals surface area contributed by atoms with E-state index in [1.807, 2.05) is 34.9 Å². The fourth-order valence-corrected chi connectivity index (χ4v) is 5.03. The molecule has 0 fully saturated rings. The van der Waals surface area contributed by atoms with Gasteiger partial charge in [-0.2, -0.15) is 0 Å². The topological polar surface area (TPSA) is 20.3 Å². The van der Waals surface area contributed by atoms with Gasteiger partial charge in [0.2, 0.25) is 5.91 Å². The zero-order chi connectivity index (χ0) is 17.1. The second-order valence-electron chi connectivity index (χ2n) is 5.59. The van der Waals surface area contributed by atoms with Crippen LogP contribution in [0.2, 0.25) is 10.0 Å². The van der Waals surface area contributed by atoms with Gasteiger partial charge in [-0.25, -0.2) is 0 Å². The van der Waals surface area contributed by atoms with Crippen molar-refractivity contribution in [3.63, 3.8) is 0 Å². The number of amides is 1. The normalized spacial score (nSPS) is 17.3. The first-order chi connectivity index (χ1) is 11.5. The number of nitrogens with zero attached hydrogens (tertiary/aromatic N) is 1. The molecule has 2 aromatic carbocycles. The van der Waals surface area contributed by atoms with Gasteiger partial charge in [-0.15, -0.1) is 23.5 Å². The maximum atomic E-state index is 12.8. The molecule has 1 aliphatic heterocycles. The quantitative estimate of drug-likeness (QED) is 0.591. The molecule has 24 heavy (non-hydrogen) atoms. The standard InChI is InChI=1S/C18H17Cl2NOS2/c1-12-8-9-21(15-4-2-3-5-16(15)24-12)18(22)11-23-17-10-13(19)6-7-14(17)20/h2-7,10,12H,8-9,11H2,1H3/t12-/m1/s1. The molecular weight excluding hydrogens is 381 g/mol. The number of para-hydroxylation sites is 1. The lowest BCUT2D eigenvalue weighted by atomic mass is 10.2. The molecule has 2 nitrogen and oxygen atoms in total. The van der Waals surface area contributed by atoms with Crippen molar-refractivity contribution in [1.82, 2.24) is 0 Å². The SMILES string of the molecule is C[C@@H]1CCN(C(=O)CSc2cc(Cl)ccc2Cl)c2ccccc2S1. The summed E-state index contributed by atoms with van der Waals surface area (Å²) in [5, 5.41) is 1.75. The van der Waals surface area contributed by atoms with E-state index in [9.17, 15) is 4.79 Å². The number of carbonyl (C=O) groups excluding carboxylic acids is 1. The van der Waals surface area contributed by atoms with Crippen LogP contribution in [-0.2, 0) is 4.79 Å². The van der Waals surface area contributed by atoms with Crippen molar-refractivity contribution in [2.45, 2.75) is 28.4 Å². The van der Waals surface area contributed by atoms with E-state index in [-0.39, 0.29) is 5.91 Å². The van der Waals surface area contributed by atoms with Crippen molar-refractivity contribution in [1.29, 1.82) is 0 Å². The second kappa shape index (κ2) is 8.05. The van der Waals surface area contributed by atoms with Crippen LogP contribution in [0.1, 0.15) is 13.3 Å². The van der Waals surface area contributed by atoms with Crippen molar-refractivity contribution < 1.29 is 4.79 Å². The van der Waals surface area contributed by atoms with Crippen LogP contribution in [-0.4, -0.2) is 23.5 Å². The van der Waals surface area contributed by atoms with Crippen molar-refractivity contribution in [3.05, 3.63) is 52.5 Å². The predicted octanol–water partition coefficient (Wildman–Crippen LogP) is 6.00. The Morgan fingerprint density at radius 2 is 2.08 bits per heavy atom. The van der Waals surface area contributed by atoms with Crippen LogP contribution in [0.4, 0.5) is 5.69 Å². The molecule has 0 unspecified atom stereocenters. The van der Waals surface area contributed by atoms with Crippen LogP contribution in [0.3, 0.4) is 0 Å². The Morgan fingerprint density at radius 3 is 2.92 bits per heavy atom. The molecule has 0 N–H and O–H groups in total. The van der Waals surface area contributed by atoms with Gasteiger partial charge in [0, 0.05) is 26.6 Å². The first kappa shape index (κ1) is 18.0. The summed E-state index contributed by atoms with van der Waals surface area (Å²) in [4.78, 5) is 16.7. The minimum Gasteiger partial charge on any atom is -0.311 e. The largest absolute Gasteiger partial charge is 0.311 e. The molecule has 1 amide bonds. The maximum absolute atomic E-state index is 12.8. The van der Waals surface area contributed by atoms with E-state index < -0.39 is 0 Å². The summed E-state index contributed by atoms with van der Waals surface area (Å²) < 4.78 is 0. The molecule has 0 aliphatic carbocycles. The smallest absolute Gasteiger partial charge is 0.237 e. The summed E-state index contributed by atoms with van der Waals surface area (Å²) in [6.45, 7) is 2.95. The minimum absolute atomic E-state index is 0.0955. The van der Waals surface area contributed by atoms with Crippen LogP contribution < -0.4 is 4.90 Å². The van der Waals surface area contributed by atoms with Crippen LogP contribution in [0.5, 0.6) is 0 Å². The van der Waals surface area contributed by atoms with Crippen LogP contribution in [0.15, 0.2) is 52.3 Å². The van der Waals surface area contributed by atoms with Gasteiger partial charge in [0.25, 0.3) is 0 Å². The van der Waals surface area contributed by atoms with E-state index in [0.29, 0.717) is 21.0 Å². The zero-order valence-corrected chi connectivity index (χ0v) is 16.3. The Balaban J connectivity index is 1.76. The van der Waals surface area contributed by atoms with Crippen LogP contribution >= 0.6 is 46.7 Å². The molecule has 1 heterocycles. The molecule has 3 rings (SSSR count). The number of fused-ring (bicyclic) bond motifs is 1. The van der Waals surface area contributed by atoms with E-state index in [1.54, 1.807) is 18.2 Å². The first-order valence-electron chi connectivity index (χ1n) is 7.68. The monoisotopic (exact) mass is 397 g/mol. The van der Waals surface area contributed by atoms with Gasteiger partial charge < -0.3 is 4.90 Å². The molecule has 1 atom stereocenters. The van der Waals surface area contributed by atoms with Gasteiger partial charge in [-0.3, -0.25) is 4.79 Å². The Kier molecular flexibility index (Phi) is 6.03. The highest BCUT2D eigenvalue weighted by molar-refractivity contribution is 8.00. The average molecular weight is 398 g/mol. The molecular formula is C18H17Cl2NOS2. The highest BCUT2D eigenvalue weighted by atomic mass is 35.5. The highest BCUT2D eigenvalue weighted by Crippen LogP contribution is 2.38. The van der Waals surface area contributed by atoms with Gasteiger partial charge in [0.05, 0.1) is 16.5 Å². The fraction of sp³-hybridized carbons (Fsp3) is 0.278. The molecule has 0 saturated carbocycles. The van der Waals surface area contributed by atoms with Gasteiger partial charge in [0.15, 0.2) is 0 Å². The van der Waals surface area contributed by atoms with E-state index in [2.05, 4.69) is 13.0 Å². The third-order valence-corrected chi connectivity index (χ3v) is 6.74. The van der Waals surface area contributed by atoms with Crippen molar-refractivity contribution >= 4 is 58.3 Å². The number of hydrogen-bond acceptors (Lipinski definition) is 3. The summed E-state index contributed by atoms with van der Waals surface area (Å²) >= 11 is 15.5.